The van der Waals surface area contributed by atoms with Gasteiger partial charge < -0.3 is 21.1 Å². The second-order valence-corrected chi connectivity index (χ2v) is 7.89. The number of phenolic OH excluding ortho intramolecular Hbond substituents is 1. The van der Waals surface area contributed by atoms with E-state index in [9.17, 15) is 9.90 Å². The summed E-state index contributed by atoms with van der Waals surface area (Å²) in [6, 6.07) is 6.55. The van der Waals surface area contributed by atoms with E-state index in [0.29, 0.717) is 12.1 Å². The summed E-state index contributed by atoms with van der Waals surface area (Å²) in [7, 11) is 0. The van der Waals surface area contributed by atoms with Crippen molar-refractivity contribution >= 4 is 63.7 Å². The Bertz CT molecular complexity index is 567. The van der Waals surface area contributed by atoms with Crippen LogP contribution in [-0.2, 0) is 4.79 Å². The molecule has 9 heteroatoms. The van der Waals surface area contributed by atoms with Crippen LogP contribution in [-0.4, -0.2) is 26.1 Å². The van der Waals surface area contributed by atoms with Crippen LogP contribution in [0.4, 0.5) is 5.69 Å². The molecule has 1 amide bonds. The Labute approximate surface area is 162 Å². The molecule has 0 aliphatic heterocycles. The molecule has 4 N–H and O–H groups in total. The third-order valence-electron chi connectivity index (χ3n) is 3.07. The highest BCUT2D eigenvalue weighted by molar-refractivity contribution is 7.80. The van der Waals surface area contributed by atoms with Gasteiger partial charge in [-0.25, -0.2) is 0 Å². The first-order valence-corrected chi connectivity index (χ1v) is 8.99. The Morgan fingerprint density at radius 1 is 1.25 bits per heavy atom. The minimum atomic E-state index is -1.80. The molecular formula is C15H20Cl3N3O2S. The monoisotopic (exact) mass is 411 g/mol. The van der Waals surface area contributed by atoms with E-state index in [0.717, 1.165) is 19.3 Å². The number of hydrogen-bond acceptors (Lipinski definition) is 3. The zero-order valence-electron chi connectivity index (χ0n) is 13.1. The molecule has 0 spiro atoms. The predicted octanol–water partition coefficient (Wildman–Crippen LogP) is 4.07. The van der Waals surface area contributed by atoms with E-state index in [1.54, 1.807) is 18.2 Å². The van der Waals surface area contributed by atoms with Gasteiger partial charge in [0.05, 0.1) is 5.69 Å². The Kier molecular flexibility index (Phi) is 8.91. The zero-order chi connectivity index (χ0) is 18.2. The number of anilines is 1. The van der Waals surface area contributed by atoms with Crippen LogP contribution in [0.3, 0.4) is 0 Å². The maximum absolute atomic E-state index is 11.9. The van der Waals surface area contributed by atoms with Crippen molar-refractivity contribution in [3.05, 3.63) is 24.3 Å². The van der Waals surface area contributed by atoms with Crippen LogP contribution in [0, 0.1) is 0 Å². The van der Waals surface area contributed by atoms with Crippen molar-refractivity contribution < 1.29 is 9.90 Å². The number of alkyl halides is 3. The average Bonchev–Trinajstić information content (AvgIpc) is 2.48. The van der Waals surface area contributed by atoms with Crippen LogP contribution in [0.25, 0.3) is 0 Å². The van der Waals surface area contributed by atoms with Crippen LogP contribution in [0.2, 0.25) is 0 Å². The summed E-state index contributed by atoms with van der Waals surface area (Å²) in [4.78, 5) is 11.9. The number of unbranched alkanes of at least 4 members (excludes halogenated alkanes) is 2. The molecule has 0 bridgehead atoms. The molecule has 0 fully saturated rings. The number of phenols is 1. The fourth-order valence-corrected chi connectivity index (χ4v) is 2.39. The molecule has 134 valence electrons. The second-order valence-electron chi connectivity index (χ2n) is 5.11. The van der Waals surface area contributed by atoms with Crippen molar-refractivity contribution in [3.63, 3.8) is 0 Å². The van der Waals surface area contributed by atoms with Gasteiger partial charge in [0, 0.05) is 6.42 Å². The number of benzene rings is 1. The van der Waals surface area contributed by atoms with Crippen LogP contribution in [0.5, 0.6) is 5.75 Å². The summed E-state index contributed by atoms with van der Waals surface area (Å²) in [6.45, 7) is 2.05. The summed E-state index contributed by atoms with van der Waals surface area (Å²) in [6.07, 6.45) is 2.05. The Balaban J connectivity index is 2.64. The SMILES string of the molecule is CCCCCC(=O)NC(NC(=S)Nc1ccccc1O)C(Cl)(Cl)Cl. The van der Waals surface area contributed by atoms with Crippen molar-refractivity contribution in [1.82, 2.24) is 10.6 Å². The van der Waals surface area contributed by atoms with Crippen molar-refractivity contribution in [3.8, 4) is 5.75 Å². The molecule has 0 aliphatic carbocycles. The molecule has 0 saturated heterocycles. The molecular weight excluding hydrogens is 393 g/mol. The van der Waals surface area contributed by atoms with E-state index in [-0.39, 0.29) is 16.8 Å². The second kappa shape index (κ2) is 10.1. The van der Waals surface area contributed by atoms with Crippen molar-refractivity contribution in [2.45, 2.75) is 42.6 Å². The van der Waals surface area contributed by atoms with Gasteiger partial charge in [0.1, 0.15) is 11.9 Å². The first-order chi connectivity index (χ1) is 11.2. The summed E-state index contributed by atoms with van der Waals surface area (Å²) in [5, 5.41) is 17.9. The van der Waals surface area contributed by atoms with Crippen molar-refractivity contribution in [2.75, 3.05) is 5.32 Å². The predicted molar refractivity (Wildman–Crippen MR) is 104 cm³/mol. The molecule has 1 atom stereocenters. The van der Waals surface area contributed by atoms with Crippen LogP contribution >= 0.6 is 47.0 Å². The summed E-state index contributed by atoms with van der Waals surface area (Å²) < 4.78 is -1.80. The quantitative estimate of drug-likeness (QED) is 0.179. The van der Waals surface area contributed by atoms with E-state index in [2.05, 4.69) is 16.0 Å². The van der Waals surface area contributed by atoms with E-state index in [4.69, 9.17) is 47.0 Å². The summed E-state index contributed by atoms with van der Waals surface area (Å²) in [5.74, 6) is -0.215. The lowest BCUT2D eigenvalue weighted by atomic mass is 10.2. The van der Waals surface area contributed by atoms with Gasteiger partial charge in [-0.3, -0.25) is 4.79 Å². The molecule has 1 aromatic carbocycles. The number of aromatic hydroxyl groups is 1. The summed E-state index contributed by atoms with van der Waals surface area (Å²) in [5.41, 5.74) is 0.396. The minimum absolute atomic E-state index is 0.0238. The first kappa shape index (κ1) is 21.1. The van der Waals surface area contributed by atoms with Gasteiger partial charge in [-0.15, -0.1) is 0 Å². The third kappa shape index (κ3) is 7.75. The minimum Gasteiger partial charge on any atom is -0.506 e. The number of nitrogens with one attached hydrogen (secondary N) is 3. The number of thiocarbonyl (C=S) groups is 1. The normalized spacial score (nSPS) is 12.3. The molecule has 0 aliphatic rings. The molecule has 1 aromatic rings. The maximum Gasteiger partial charge on any atom is 0.228 e. The Hall–Kier alpha value is -0.950. The van der Waals surface area contributed by atoms with Gasteiger partial charge in [-0.2, -0.15) is 0 Å². The van der Waals surface area contributed by atoms with Gasteiger partial charge in [0.15, 0.2) is 5.11 Å². The highest BCUT2D eigenvalue weighted by Crippen LogP contribution is 2.29. The van der Waals surface area contributed by atoms with Gasteiger partial charge >= 0.3 is 0 Å². The first-order valence-electron chi connectivity index (χ1n) is 7.45. The third-order valence-corrected chi connectivity index (χ3v) is 3.94. The lowest BCUT2D eigenvalue weighted by Gasteiger charge is -2.27. The lowest BCUT2D eigenvalue weighted by molar-refractivity contribution is -0.122. The number of amides is 1. The highest BCUT2D eigenvalue weighted by atomic mass is 35.6. The van der Waals surface area contributed by atoms with Gasteiger partial charge in [0.25, 0.3) is 0 Å². The van der Waals surface area contributed by atoms with E-state index < -0.39 is 9.96 Å². The van der Waals surface area contributed by atoms with Gasteiger partial charge in [-0.1, -0.05) is 66.7 Å². The zero-order valence-corrected chi connectivity index (χ0v) is 16.2. The highest BCUT2D eigenvalue weighted by Gasteiger charge is 2.34. The topological polar surface area (TPSA) is 73.4 Å². The van der Waals surface area contributed by atoms with Crippen LogP contribution < -0.4 is 16.0 Å². The fraction of sp³-hybridized carbons (Fsp3) is 0.467. The van der Waals surface area contributed by atoms with Crippen LogP contribution in [0.15, 0.2) is 24.3 Å². The average molecular weight is 413 g/mol. The smallest absolute Gasteiger partial charge is 0.228 e. The van der Waals surface area contributed by atoms with Crippen molar-refractivity contribution in [2.24, 2.45) is 0 Å². The molecule has 0 aromatic heterocycles. The molecule has 5 nitrogen and oxygen atoms in total. The van der Waals surface area contributed by atoms with E-state index in [1.165, 1.54) is 6.07 Å². The maximum atomic E-state index is 11.9. The summed E-state index contributed by atoms with van der Waals surface area (Å²) >= 11 is 22.8. The lowest BCUT2D eigenvalue weighted by Crippen LogP contribution is -2.56. The van der Waals surface area contributed by atoms with E-state index >= 15 is 0 Å². The molecule has 1 rings (SSSR count). The number of rotatable bonds is 7. The number of para-hydroxylation sites is 2. The Morgan fingerprint density at radius 3 is 2.50 bits per heavy atom. The van der Waals surface area contributed by atoms with Crippen molar-refractivity contribution in [1.29, 1.82) is 0 Å². The van der Waals surface area contributed by atoms with Crippen LogP contribution in [0.1, 0.15) is 32.6 Å². The number of hydrogen-bond donors (Lipinski definition) is 4. The standard InChI is InChI=1S/C15H20Cl3N3O2S/c1-2-3-4-9-12(23)20-13(15(16,17)18)21-14(24)19-10-7-5-6-8-11(10)22/h5-8,13,22H,2-4,9H2,1H3,(H,20,23)(H2,19,21,24). The molecule has 1 unspecified atom stereocenters. The molecule has 0 radical (unpaired) electrons. The molecule has 0 saturated carbocycles. The number of halogens is 3. The Morgan fingerprint density at radius 2 is 1.92 bits per heavy atom. The van der Waals surface area contributed by atoms with E-state index in [1.807, 2.05) is 6.92 Å². The van der Waals surface area contributed by atoms with Gasteiger partial charge in [0.2, 0.25) is 9.70 Å². The molecule has 24 heavy (non-hydrogen) atoms. The fourth-order valence-electron chi connectivity index (χ4n) is 1.84. The largest absolute Gasteiger partial charge is 0.506 e. The van der Waals surface area contributed by atoms with Gasteiger partial charge in [-0.05, 0) is 30.8 Å². The number of carbonyl (C=O) groups excluding carboxylic acids is 1. The number of carbonyl (C=O) groups is 1. The molecule has 0 heterocycles.